The Morgan fingerprint density at radius 1 is 0.938 bits per heavy atom. The molecule has 32 heavy (non-hydrogen) atoms. The van der Waals surface area contributed by atoms with Crippen LogP contribution in [0.15, 0.2) is 66.7 Å². The summed E-state index contributed by atoms with van der Waals surface area (Å²) in [5.74, 6) is 0. The third kappa shape index (κ3) is 4.64. The second-order valence-electron chi connectivity index (χ2n) is 8.99. The van der Waals surface area contributed by atoms with E-state index in [-0.39, 0.29) is 12.1 Å². The van der Waals surface area contributed by atoms with Gasteiger partial charge in [-0.05, 0) is 73.1 Å². The van der Waals surface area contributed by atoms with Crippen LogP contribution in [0.2, 0.25) is 0 Å². The fraction of sp³-hybridized carbons (Fsp3) is 0.321. The largest absolute Gasteiger partial charge is 0.378 e. The summed E-state index contributed by atoms with van der Waals surface area (Å²) in [6.45, 7) is 4.66. The van der Waals surface area contributed by atoms with Crippen LogP contribution < -0.4 is 10.2 Å². The van der Waals surface area contributed by atoms with Gasteiger partial charge in [0.1, 0.15) is 0 Å². The zero-order valence-electron chi connectivity index (χ0n) is 19.6. The molecule has 1 aliphatic rings. The molecular formula is C28H33N3O. The Kier molecular flexibility index (Phi) is 6.50. The molecule has 0 fully saturated rings. The standard InChI is InChI=1S/C28H33N3O/c1-20-9-7-10-21(2)27(20)29-28(32)31(19-22-15-17-24(18-16-22)30(3)4)26-14-8-12-23-11-5-6-13-25(23)26/h5-7,9-11,13,15-18,26H,8,12,14,19H2,1-4H3,(H,29,32). The lowest BCUT2D eigenvalue weighted by Gasteiger charge is -2.36. The molecule has 0 radical (unpaired) electrons. The van der Waals surface area contributed by atoms with Crippen molar-refractivity contribution in [3.63, 3.8) is 0 Å². The predicted molar refractivity (Wildman–Crippen MR) is 133 cm³/mol. The van der Waals surface area contributed by atoms with Gasteiger partial charge in [0.15, 0.2) is 0 Å². The Balaban J connectivity index is 1.67. The van der Waals surface area contributed by atoms with Crippen LogP contribution >= 0.6 is 0 Å². The summed E-state index contributed by atoms with van der Waals surface area (Å²) >= 11 is 0. The Bertz CT molecular complexity index is 1070. The van der Waals surface area contributed by atoms with Crippen molar-refractivity contribution < 1.29 is 4.79 Å². The molecular weight excluding hydrogens is 394 g/mol. The SMILES string of the molecule is Cc1cccc(C)c1NC(=O)N(Cc1ccc(N(C)C)cc1)C1CCCc2ccccc21. The second kappa shape index (κ2) is 9.47. The summed E-state index contributed by atoms with van der Waals surface area (Å²) in [4.78, 5) is 17.8. The maximum absolute atomic E-state index is 13.7. The first-order valence-electron chi connectivity index (χ1n) is 11.4. The van der Waals surface area contributed by atoms with Crippen molar-refractivity contribution in [1.29, 1.82) is 0 Å². The Morgan fingerprint density at radius 3 is 2.31 bits per heavy atom. The van der Waals surface area contributed by atoms with Gasteiger partial charge in [0.25, 0.3) is 0 Å². The predicted octanol–water partition coefficient (Wildman–Crippen LogP) is 6.48. The maximum Gasteiger partial charge on any atom is 0.322 e. The summed E-state index contributed by atoms with van der Waals surface area (Å²) in [7, 11) is 4.08. The van der Waals surface area contributed by atoms with Crippen LogP contribution in [0.1, 0.15) is 46.7 Å². The number of amides is 2. The molecule has 3 aromatic carbocycles. The maximum atomic E-state index is 13.7. The number of fused-ring (bicyclic) bond motifs is 1. The van der Waals surface area contributed by atoms with Crippen molar-refractivity contribution in [3.8, 4) is 0 Å². The minimum atomic E-state index is -0.0409. The summed E-state index contributed by atoms with van der Waals surface area (Å²) in [5, 5.41) is 3.24. The number of hydrogen-bond acceptors (Lipinski definition) is 2. The number of aryl methyl sites for hydroxylation is 3. The Labute approximate surface area is 191 Å². The van der Waals surface area contributed by atoms with Gasteiger partial charge in [0.2, 0.25) is 0 Å². The van der Waals surface area contributed by atoms with Crippen molar-refractivity contribution in [2.75, 3.05) is 24.3 Å². The first kappa shape index (κ1) is 21.9. The molecule has 4 heteroatoms. The highest BCUT2D eigenvalue weighted by atomic mass is 16.2. The molecule has 1 aliphatic carbocycles. The summed E-state index contributed by atoms with van der Waals surface area (Å²) < 4.78 is 0. The number of rotatable bonds is 5. The molecule has 0 spiro atoms. The van der Waals surface area contributed by atoms with E-state index in [1.165, 1.54) is 11.1 Å². The van der Waals surface area contributed by atoms with E-state index in [0.717, 1.165) is 47.3 Å². The molecule has 0 saturated heterocycles. The quantitative estimate of drug-likeness (QED) is 0.506. The van der Waals surface area contributed by atoms with E-state index in [9.17, 15) is 4.79 Å². The number of carbonyl (C=O) groups excluding carboxylic acids is 1. The van der Waals surface area contributed by atoms with Crippen molar-refractivity contribution in [3.05, 3.63) is 94.5 Å². The molecule has 4 rings (SSSR count). The smallest absolute Gasteiger partial charge is 0.322 e. The number of nitrogens with zero attached hydrogens (tertiary/aromatic N) is 2. The Hall–Kier alpha value is -3.27. The molecule has 3 aromatic rings. The highest BCUT2D eigenvalue weighted by molar-refractivity contribution is 5.91. The van der Waals surface area contributed by atoms with Gasteiger partial charge in [-0.25, -0.2) is 4.79 Å². The zero-order chi connectivity index (χ0) is 22.7. The molecule has 1 N–H and O–H groups in total. The molecule has 0 bridgehead atoms. The fourth-order valence-corrected chi connectivity index (χ4v) is 4.66. The summed E-state index contributed by atoms with van der Waals surface area (Å²) in [5.41, 5.74) is 8.00. The molecule has 0 aromatic heterocycles. The van der Waals surface area contributed by atoms with Crippen molar-refractivity contribution in [1.82, 2.24) is 4.90 Å². The first-order valence-corrected chi connectivity index (χ1v) is 11.4. The fourth-order valence-electron chi connectivity index (χ4n) is 4.66. The first-order chi connectivity index (χ1) is 15.4. The third-order valence-electron chi connectivity index (χ3n) is 6.49. The van der Waals surface area contributed by atoms with Gasteiger partial charge in [0.05, 0.1) is 6.04 Å². The average Bonchev–Trinajstić information content (AvgIpc) is 2.80. The number of para-hydroxylation sites is 1. The van der Waals surface area contributed by atoms with Crippen LogP contribution in [0.5, 0.6) is 0 Å². The molecule has 1 unspecified atom stereocenters. The minimum Gasteiger partial charge on any atom is -0.378 e. The van der Waals surface area contributed by atoms with E-state index < -0.39 is 0 Å². The van der Waals surface area contributed by atoms with E-state index >= 15 is 0 Å². The molecule has 166 valence electrons. The van der Waals surface area contributed by atoms with E-state index in [0.29, 0.717) is 6.54 Å². The number of carbonyl (C=O) groups is 1. The topological polar surface area (TPSA) is 35.6 Å². The summed E-state index contributed by atoms with van der Waals surface area (Å²) in [6, 6.07) is 23.2. The van der Waals surface area contributed by atoms with Crippen LogP contribution in [0.3, 0.4) is 0 Å². The highest BCUT2D eigenvalue weighted by Gasteiger charge is 2.29. The van der Waals surface area contributed by atoms with Gasteiger partial charge >= 0.3 is 6.03 Å². The van der Waals surface area contributed by atoms with Crippen LogP contribution in [0.4, 0.5) is 16.2 Å². The minimum absolute atomic E-state index is 0.0409. The third-order valence-corrected chi connectivity index (χ3v) is 6.49. The van der Waals surface area contributed by atoms with Crippen LogP contribution in [0, 0.1) is 13.8 Å². The van der Waals surface area contributed by atoms with E-state index in [1.54, 1.807) is 0 Å². The van der Waals surface area contributed by atoms with Crippen molar-refractivity contribution >= 4 is 17.4 Å². The van der Waals surface area contributed by atoms with Gasteiger partial charge in [0, 0.05) is 32.0 Å². The molecule has 1 atom stereocenters. The van der Waals surface area contributed by atoms with Crippen molar-refractivity contribution in [2.45, 2.75) is 45.7 Å². The molecule has 0 heterocycles. The van der Waals surface area contributed by atoms with Gasteiger partial charge in [-0.2, -0.15) is 0 Å². The highest BCUT2D eigenvalue weighted by Crippen LogP contribution is 2.36. The number of benzene rings is 3. The summed E-state index contributed by atoms with van der Waals surface area (Å²) in [6.07, 6.45) is 3.15. The van der Waals surface area contributed by atoms with E-state index in [1.807, 2.05) is 51.0 Å². The zero-order valence-corrected chi connectivity index (χ0v) is 19.6. The van der Waals surface area contributed by atoms with Crippen molar-refractivity contribution in [2.24, 2.45) is 0 Å². The second-order valence-corrected chi connectivity index (χ2v) is 8.99. The lowest BCUT2D eigenvalue weighted by atomic mass is 9.86. The van der Waals surface area contributed by atoms with Crippen LogP contribution in [0.25, 0.3) is 0 Å². The number of urea groups is 1. The van der Waals surface area contributed by atoms with Crippen LogP contribution in [-0.4, -0.2) is 25.0 Å². The molecule has 0 aliphatic heterocycles. The van der Waals surface area contributed by atoms with Gasteiger partial charge in [-0.15, -0.1) is 0 Å². The van der Waals surface area contributed by atoms with Gasteiger partial charge in [-0.3, -0.25) is 0 Å². The van der Waals surface area contributed by atoms with E-state index in [4.69, 9.17) is 0 Å². The van der Waals surface area contributed by atoms with Crippen LogP contribution in [-0.2, 0) is 13.0 Å². The monoisotopic (exact) mass is 427 g/mol. The van der Waals surface area contributed by atoms with E-state index in [2.05, 4.69) is 58.7 Å². The Morgan fingerprint density at radius 2 is 1.62 bits per heavy atom. The number of nitrogens with one attached hydrogen (secondary N) is 1. The number of hydrogen-bond donors (Lipinski definition) is 1. The lowest BCUT2D eigenvalue weighted by Crippen LogP contribution is -2.39. The van der Waals surface area contributed by atoms with Gasteiger partial charge in [-0.1, -0.05) is 54.6 Å². The number of anilines is 2. The van der Waals surface area contributed by atoms with Gasteiger partial charge < -0.3 is 15.1 Å². The molecule has 4 nitrogen and oxygen atoms in total. The lowest BCUT2D eigenvalue weighted by molar-refractivity contribution is 0.175. The molecule has 2 amide bonds. The average molecular weight is 428 g/mol. The molecule has 0 saturated carbocycles. The normalized spacial score (nSPS) is 15.1.